The van der Waals surface area contributed by atoms with Gasteiger partial charge in [-0.05, 0) is 37.4 Å². The molecule has 114 valence electrons. The summed E-state index contributed by atoms with van der Waals surface area (Å²) in [7, 11) is -3.94. The summed E-state index contributed by atoms with van der Waals surface area (Å²) >= 11 is 0. The lowest BCUT2D eigenvalue weighted by atomic mass is 9.85. The Labute approximate surface area is 124 Å². The molecule has 2 rings (SSSR count). The highest BCUT2D eigenvalue weighted by atomic mass is 32.2. The van der Waals surface area contributed by atoms with Crippen LogP contribution in [0.4, 0.5) is 4.39 Å². The maximum atomic E-state index is 13.6. The van der Waals surface area contributed by atoms with Crippen molar-refractivity contribution < 1.29 is 12.8 Å². The molecule has 0 aromatic heterocycles. The Morgan fingerprint density at radius 1 is 1.38 bits per heavy atom. The van der Waals surface area contributed by atoms with Crippen molar-refractivity contribution in [3.05, 3.63) is 29.6 Å². The molecule has 3 N–H and O–H groups in total. The number of nitrogens with zero attached hydrogens (tertiary/aromatic N) is 1. The summed E-state index contributed by atoms with van der Waals surface area (Å²) in [6, 6.07) is 4.95. The Kier molecular flexibility index (Phi) is 4.93. The van der Waals surface area contributed by atoms with Crippen LogP contribution in [-0.4, -0.2) is 21.0 Å². The maximum absolute atomic E-state index is 13.6. The fraction of sp³-hybridized carbons (Fsp3) is 0.500. The number of nitrogens with one attached hydrogen (secondary N) is 1. The number of sulfonamides is 1. The molecule has 21 heavy (non-hydrogen) atoms. The van der Waals surface area contributed by atoms with Gasteiger partial charge in [0.15, 0.2) is 0 Å². The lowest BCUT2D eigenvalue weighted by Crippen LogP contribution is -2.44. The van der Waals surface area contributed by atoms with Gasteiger partial charge in [-0.15, -0.1) is 0 Å². The van der Waals surface area contributed by atoms with Crippen molar-refractivity contribution in [3.63, 3.8) is 0 Å². The normalized spacial score (nSPS) is 22.7. The van der Waals surface area contributed by atoms with E-state index in [0.717, 1.165) is 25.3 Å². The van der Waals surface area contributed by atoms with Gasteiger partial charge < -0.3 is 5.73 Å². The van der Waals surface area contributed by atoms with Gasteiger partial charge in [-0.3, -0.25) is 0 Å². The van der Waals surface area contributed by atoms with Crippen LogP contribution in [0.2, 0.25) is 0 Å². The molecule has 1 aromatic rings. The van der Waals surface area contributed by atoms with Gasteiger partial charge in [0.05, 0.1) is 0 Å². The Bertz CT molecular complexity index is 655. The second kappa shape index (κ2) is 6.52. The zero-order valence-electron chi connectivity index (χ0n) is 11.5. The number of nitriles is 1. The number of hydrogen-bond acceptors (Lipinski definition) is 4. The smallest absolute Gasteiger partial charge is 0.242 e. The predicted molar refractivity (Wildman–Crippen MR) is 76.2 cm³/mol. The summed E-state index contributed by atoms with van der Waals surface area (Å²) in [6.07, 6.45) is 3.54. The molecule has 2 unspecified atom stereocenters. The number of hydrogen-bond donors (Lipinski definition) is 2. The molecule has 0 saturated heterocycles. The Morgan fingerprint density at radius 2 is 2.10 bits per heavy atom. The minimum absolute atomic E-state index is 0.0765. The highest BCUT2D eigenvalue weighted by Gasteiger charge is 2.30. The van der Waals surface area contributed by atoms with E-state index in [1.54, 1.807) is 6.07 Å². The summed E-state index contributed by atoms with van der Waals surface area (Å²) in [6.45, 7) is 0.404. The fourth-order valence-corrected chi connectivity index (χ4v) is 4.25. The van der Waals surface area contributed by atoms with Crippen molar-refractivity contribution in [1.29, 1.82) is 5.26 Å². The van der Waals surface area contributed by atoms with E-state index in [1.165, 1.54) is 12.1 Å². The summed E-state index contributed by atoms with van der Waals surface area (Å²) in [5, 5.41) is 8.96. The van der Waals surface area contributed by atoms with E-state index in [-0.39, 0.29) is 16.9 Å². The maximum Gasteiger partial charge on any atom is 0.242 e. The van der Waals surface area contributed by atoms with Crippen molar-refractivity contribution in [2.24, 2.45) is 11.7 Å². The molecule has 0 heterocycles. The van der Waals surface area contributed by atoms with Gasteiger partial charge in [-0.2, -0.15) is 5.26 Å². The van der Waals surface area contributed by atoms with Crippen LogP contribution >= 0.6 is 0 Å². The first-order chi connectivity index (χ1) is 9.99. The van der Waals surface area contributed by atoms with E-state index < -0.39 is 21.4 Å². The van der Waals surface area contributed by atoms with Crippen molar-refractivity contribution in [2.75, 3.05) is 6.54 Å². The summed E-state index contributed by atoms with van der Waals surface area (Å²) in [5.41, 5.74) is 5.23. The van der Waals surface area contributed by atoms with E-state index in [1.807, 2.05) is 0 Å². The average Bonchev–Trinajstić information content (AvgIpc) is 2.47. The summed E-state index contributed by atoms with van der Waals surface area (Å²) < 4.78 is 41.0. The van der Waals surface area contributed by atoms with Crippen molar-refractivity contribution in [1.82, 2.24) is 4.72 Å². The van der Waals surface area contributed by atoms with Gasteiger partial charge in [0.2, 0.25) is 10.0 Å². The molecule has 7 heteroatoms. The molecule has 2 atom stereocenters. The van der Waals surface area contributed by atoms with Gasteiger partial charge in [-0.25, -0.2) is 17.5 Å². The topological polar surface area (TPSA) is 96.0 Å². The molecule has 1 fully saturated rings. The second-order valence-electron chi connectivity index (χ2n) is 5.23. The third kappa shape index (κ3) is 3.40. The molecular formula is C14H18FN3O2S. The Morgan fingerprint density at radius 3 is 2.76 bits per heavy atom. The van der Waals surface area contributed by atoms with Gasteiger partial charge in [0, 0.05) is 6.04 Å². The SMILES string of the molecule is N#Cc1c(F)cccc1S(=O)(=O)NC1CCCCC1CN. The Hall–Kier alpha value is -1.49. The van der Waals surface area contributed by atoms with E-state index >= 15 is 0 Å². The third-order valence-corrected chi connectivity index (χ3v) is 5.43. The summed E-state index contributed by atoms with van der Waals surface area (Å²) in [4.78, 5) is -0.314. The van der Waals surface area contributed by atoms with Gasteiger partial charge >= 0.3 is 0 Å². The third-order valence-electron chi connectivity index (χ3n) is 3.90. The zero-order valence-corrected chi connectivity index (χ0v) is 12.4. The molecule has 1 aromatic carbocycles. The largest absolute Gasteiger partial charge is 0.330 e. The second-order valence-corrected chi connectivity index (χ2v) is 6.92. The monoisotopic (exact) mass is 311 g/mol. The minimum Gasteiger partial charge on any atom is -0.330 e. The van der Waals surface area contributed by atoms with Crippen LogP contribution in [0.15, 0.2) is 23.1 Å². The lowest BCUT2D eigenvalue weighted by molar-refractivity contribution is 0.296. The molecule has 0 radical (unpaired) electrons. The summed E-state index contributed by atoms with van der Waals surface area (Å²) in [5.74, 6) is -0.757. The van der Waals surface area contributed by atoms with E-state index in [4.69, 9.17) is 11.0 Å². The van der Waals surface area contributed by atoms with Crippen LogP contribution in [0.1, 0.15) is 31.2 Å². The Balaban J connectivity index is 2.31. The molecule has 0 bridgehead atoms. The van der Waals surface area contributed by atoms with Crippen molar-refractivity contribution >= 4 is 10.0 Å². The standard InChI is InChI=1S/C14H18FN3O2S/c15-12-5-3-7-14(11(12)9-17)21(19,20)18-13-6-2-1-4-10(13)8-16/h3,5,7,10,13,18H,1-2,4,6,8,16H2. The molecule has 0 amide bonds. The number of nitrogens with two attached hydrogens (primary N) is 1. The molecule has 1 aliphatic carbocycles. The van der Waals surface area contributed by atoms with Crippen LogP contribution in [0.25, 0.3) is 0 Å². The number of halogens is 1. The first-order valence-corrected chi connectivity index (χ1v) is 8.39. The minimum atomic E-state index is -3.94. The highest BCUT2D eigenvalue weighted by Crippen LogP contribution is 2.26. The fourth-order valence-electron chi connectivity index (χ4n) is 2.74. The number of benzene rings is 1. The molecule has 0 aliphatic heterocycles. The number of rotatable bonds is 4. The average molecular weight is 311 g/mol. The molecular weight excluding hydrogens is 293 g/mol. The van der Waals surface area contributed by atoms with Gasteiger partial charge in [0.1, 0.15) is 22.3 Å². The van der Waals surface area contributed by atoms with E-state index in [9.17, 15) is 12.8 Å². The van der Waals surface area contributed by atoms with Gasteiger partial charge in [0.25, 0.3) is 0 Å². The van der Waals surface area contributed by atoms with Crippen LogP contribution in [-0.2, 0) is 10.0 Å². The van der Waals surface area contributed by atoms with Gasteiger partial charge in [-0.1, -0.05) is 18.9 Å². The van der Waals surface area contributed by atoms with Crippen molar-refractivity contribution in [2.45, 2.75) is 36.6 Å². The van der Waals surface area contributed by atoms with Crippen LogP contribution in [0.5, 0.6) is 0 Å². The highest BCUT2D eigenvalue weighted by molar-refractivity contribution is 7.89. The van der Waals surface area contributed by atoms with Crippen LogP contribution in [0, 0.1) is 23.1 Å². The quantitative estimate of drug-likeness (QED) is 0.880. The molecule has 1 saturated carbocycles. The zero-order chi connectivity index (χ0) is 15.5. The first-order valence-electron chi connectivity index (χ1n) is 6.90. The van der Waals surface area contributed by atoms with Crippen molar-refractivity contribution in [3.8, 4) is 6.07 Å². The molecule has 5 nitrogen and oxygen atoms in total. The lowest BCUT2D eigenvalue weighted by Gasteiger charge is -2.31. The molecule has 1 aliphatic rings. The van der Waals surface area contributed by atoms with Crippen LogP contribution < -0.4 is 10.5 Å². The predicted octanol–water partition coefficient (Wildman–Crippen LogP) is 1.49. The van der Waals surface area contributed by atoms with Crippen LogP contribution in [0.3, 0.4) is 0 Å². The first kappa shape index (κ1) is 15.9. The van der Waals surface area contributed by atoms with E-state index in [0.29, 0.717) is 13.0 Å². The molecule has 0 spiro atoms. The van der Waals surface area contributed by atoms with E-state index in [2.05, 4.69) is 4.72 Å².